The van der Waals surface area contributed by atoms with Crippen LogP contribution in [0, 0.1) is 5.41 Å². The Bertz CT molecular complexity index is 839. The normalized spacial score (nSPS) is 28.7. The Labute approximate surface area is 128 Å². The van der Waals surface area contributed by atoms with Crippen LogP contribution in [-0.2, 0) is 0 Å². The number of carbonyl (C=O) groups excluding carboxylic acids is 1. The fourth-order valence-electron chi connectivity index (χ4n) is 3.18. The predicted molar refractivity (Wildman–Crippen MR) is 87.1 cm³/mol. The molecular formula is C19H15NO2. The van der Waals surface area contributed by atoms with Crippen molar-refractivity contribution in [2.75, 3.05) is 0 Å². The van der Waals surface area contributed by atoms with Crippen molar-refractivity contribution in [2.45, 2.75) is 13.0 Å². The summed E-state index contributed by atoms with van der Waals surface area (Å²) in [6, 6.07) is 7.07. The molecule has 0 bridgehead atoms. The molecule has 4 rings (SSSR count). The Morgan fingerprint density at radius 1 is 1.14 bits per heavy atom. The third kappa shape index (κ3) is 1.69. The van der Waals surface area contributed by atoms with E-state index in [9.17, 15) is 9.90 Å². The van der Waals surface area contributed by atoms with Gasteiger partial charge in [0.1, 0.15) is 5.76 Å². The summed E-state index contributed by atoms with van der Waals surface area (Å²) in [6.07, 6.45) is 12.0. The zero-order chi connectivity index (χ0) is 15.3. The largest absolute Gasteiger partial charge is 0.506 e. The van der Waals surface area contributed by atoms with Crippen molar-refractivity contribution in [3.05, 3.63) is 77.4 Å². The molecule has 0 aromatic heterocycles. The maximum absolute atomic E-state index is 12.6. The number of fused-ring (bicyclic) bond motifs is 2. The molecule has 2 atom stereocenters. The number of allylic oxidation sites excluding steroid dienone is 4. The lowest BCUT2D eigenvalue weighted by molar-refractivity contribution is 0.104. The van der Waals surface area contributed by atoms with Crippen LogP contribution in [0.25, 0.3) is 5.76 Å². The number of ketones is 1. The lowest BCUT2D eigenvalue weighted by atomic mass is 9.77. The first-order valence-electron chi connectivity index (χ1n) is 7.31. The van der Waals surface area contributed by atoms with Gasteiger partial charge in [-0.3, -0.25) is 9.79 Å². The maximum atomic E-state index is 12.6. The van der Waals surface area contributed by atoms with E-state index < -0.39 is 0 Å². The minimum atomic E-state index is -0.164. The van der Waals surface area contributed by atoms with E-state index in [1.165, 1.54) is 0 Å². The third-order valence-electron chi connectivity index (χ3n) is 4.52. The Morgan fingerprint density at radius 3 is 2.68 bits per heavy atom. The fourth-order valence-corrected chi connectivity index (χ4v) is 3.18. The van der Waals surface area contributed by atoms with E-state index in [0.717, 1.165) is 0 Å². The zero-order valence-corrected chi connectivity index (χ0v) is 12.2. The molecule has 0 radical (unpaired) electrons. The van der Waals surface area contributed by atoms with Crippen LogP contribution in [0.1, 0.15) is 22.8 Å². The highest BCUT2D eigenvalue weighted by Gasteiger charge is 2.36. The second kappa shape index (κ2) is 4.41. The van der Waals surface area contributed by atoms with Crippen molar-refractivity contribution in [1.29, 1.82) is 0 Å². The van der Waals surface area contributed by atoms with Crippen molar-refractivity contribution >= 4 is 17.3 Å². The highest BCUT2D eigenvalue weighted by molar-refractivity contribution is 6.38. The Kier molecular flexibility index (Phi) is 2.61. The summed E-state index contributed by atoms with van der Waals surface area (Å²) in [6.45, 7) is 2.11. The number of aliphatic hydroxyl groups excluding tert-OH is 1. The van der Waals surface area contributed by atoms with E-state index in [-0.39, 0.29) is 23.0 Å². The van der Waals surface area contributed by atoms with Gasteiger partial charge in [-0.2, -0.15) is 0 Å². The molecule has 3 nitrogen and oxygen atoms in total. The maximum Gasteiger partial charge on any atom is 0.199 e. The molecule has 1 N–H and O–H groups in total. The van der Waals surface area contributed by atoms with Crippen LogP contribution in [0.2, 0.25) is 0 Å². The third-order valence-corrected chi connectivity index (χ3v) is 4.52. The van der Waals surface area contributed by atoms with Gasteiger partial charge in [-0.1, -0.05) is 61.6 Å². The summed E-state index contributed by atoms with van der Waals surface area (Å²) < 4.78 is 0. The van der Waals surface area contributed by atoms with Crippen LogP contribution in [-0.4, -0.2) is 22.6 Å². The molecule has 22 heavy (non-hydrogen) atoms. The molecule has 1 aromatic carbocycles. The molecule has 1 aromatic rings. The fraction of sp³-hybridized carbons (Fsp3) is 0.158. The van der Waals surface area contributed by atoms with Gasteiger partial charge in [-0.15, -0.1) is 0 Å². The number of rotatable bonds is 1. The van der Waals surface area contributed by atoms with Crippen LogP contribution < -0.4 is 0 Å². The Morgan fingerprint density at radius 2 is 1.91 bits per heavy atom. The van der Waals surface area contributed by atoms with Crippen molar-refractivity contribution in [3.8, 4) is 0 Å². The van der Waals surface area contributed by atoms with Gasteiger partial charge in [-0.05, 0) is 6.08 Å². The number of hydrogen-bond acceptors (Lipinski definition) is 3. The molecule has 2 unspecified atom stereocenters. The molecule has 0 saturated heterocycles. The molecule has 3 aliphatic rings. The van der Waals surface area contributed by atoms with Crippen LogP contribution >= 0.6 is 0 Å². The van der Waals surface area contributed by atoms with Crippen molar-refractivity contribution in [1.82, 2.24) is 0 Å². The number of aliphatic imine (C=N–C) groups is 1. The first-order chi connectivity index (χ1) is 10.6. The van der Waals surface area contributed by atoms with Gasteiger partial charge in [-0.25, -0.2) is 0 Å². The molecule has 108 valence electrons. The number of benzene rings is 1. The van der Waals surface area contributed by atoms with Gasteiger partial charge in [0.2, 0.25) is 0 Å². The highest BCUT2D eigenvalue weighted by Crippen LogP contribution is 2.38. The standard InChI is InChI=1S/C19H15NO2/c1-19-10-5-4-8-15(19)20-14(9-11-19)16-17(21)12-6-2-3-7-13(12)18(16)22/h2-11,15,21H,1H3. The van der Waals surface area contributed by atoms with Gasteiger partial charge in [0.15, 0.2) is 5.78 Å². The van der Waals surface area contributed by atoms with E-state index in [0.29, 0.717) is 22.4 Å². The zero-order valence-electron chi connectivity index (χ0n) is 12.2. The number of Topliss-reactive ketones (excluding diaryl/α,β-unsaturated/α-hetero) is 1. The summed E-state index contributed by atoms with van der Waals surface area (Å²) in [4.78, 5) is 17.3. The molecule has 1 heterocycles. The minimum Gasteiger partial charge on any atom is -0.506 e. The summed E-state index contributed by atoms with van der Waals surface area (Å²) in [7, 11) is 0. The van der Waals surface area contributed by atoms with Crippen molar-refractivity contribution in [3.63, 3.8) is 0 Å². The summed E-state index contributed by atoms with van der Waals surface area (Å²) in [5.74, 6) is -0.127. The number of nitrogens with zero attached hydrogens (tertiary/aromatic N) is 1. The summed E-state index contributed by atoms with van der Waals surface area (Å²) in [5.41, 5.74) is 1.83. The molecule has 0 fully saturated rings. The molecule has 0 spiro atoms. The smallest absolute Gasteiger partial charge is 0.199 e. The van der Waals surface area contributed by atoms with E-state index in [1.54, 1.807) is 18.2 Å². The number of dihydropyridines is 1. The topological polar surface area (TPSA) is 49.7 Å². The Balaban J connectivity index is 1.80. The molecular weight excluding hydrogens is 274 g/mol. The van der Waals surface area contributed by atoms with E-state index in [1.807, 2.05) is 30.4 Å². The van der Waals surface area contributed by atoms with Crippen LogP contribution in [0.4, 0.5) is 0 Å². The van der Waals surface area contributed by atoms with Crippen LogP contribution in [0.3, 0.4) is 0 Å². The summed E-state index contributed by atoms with van der Waals surface area (Å²) in [5, 5.41) is 10.4. The first-order valence-corrected chi connectivity index (χ1v) is 7.31. The summed E-state index contributed by atoms with van der Waals surface area (Å²) >= 11 is 0. The number of aliphatic hydroxyl groups is 1. The van der Waals surface area contributed by atoms with Gasteiger partial charge in [0, 0.05) is 16.5 Å². The quantitative estimate of drug-likeness (QED) is 0.857. The monoisotopic (exact) mass is 289 g/mol. The van der Waals surface area contributed by atoms with Crippen molar-refractivity contribution in [2.24, 2.45) is 10.4 Å². The predicted octanol–water partition coefficient (Wildman–Crippen LogP) is 3.66. The number of carbonyl (C=O) groups is 1. The first kappa shape index (κ1) is 13.0. The molecule has 1 aliphatic heterocycles. The lowest BCUT2D eigenvalue weighted by Crippen LogP contribution is -2.31. The van der Waals surface area contributed by atoms with E-state index >= 15 is 0 Å². The van der Waals surface area contributed by atoms with Crippen LogP contribution in [0.15, 0.2) is 71.3 Å². The second-order valence-electron chi connectivity index (χ2n) is 6.00. The van der Waals surface area contributed by atoms with Crippen molar-refractivity contribution < 1.29 is 9.90 Å². The van der Waals surface area contributed by atoms with Gasteiger partial charge >= 0.3 is 0 Å². The van der Waals surface area contributed by atoms with Gasteiger partial charge in [0.05, 0.1) is 17.3 Å². The average Bonchev–Trinajstić information content (AvgIpc) is 2.79. The SMILES string of the molecule is CC12C=CC=CC1N=C(C1=C(O)c3ccccc3C1=O)C=C2. The molecule has 3 heteroatoms. The second-order valence-corrected chi connectivity index (χ2v) is 6.00. The van der Waals surface area contributed by atoms with E-state index in [2.05, 4.69) is 19.1 Å². The lowest BCUT2D eigenvalue weighted by Gasteiger charge is -2.33. The van der Waals surface area contributed by atoms with Crippen LogP contribution in [0.5, 0.6) is 0 Å². The molecule has 0 amide bonds. The number of hydrogen-bond donors (Lipinski definition) is 1. The average molecular weight is 289 g/mol. The molecule has 0 saturated carbocycles. The van der Waals surface area contributed by atoms with Gasteiger partial charge in [0.25, 0.3) is 0 Å². The van der Waals surface area contributed by atoms with Gasteiger partial charge < -0.3 is 5.11 Å². The molecule has 2 aliphatic carbocycles. The highest BCUT2D eigenvalue weighted by atomic mass is 16.3. The van der Waals surface area contributed by atoms with E-state index in [4.69, 9.17) is 4.99 Å². The minimum absolute atomic E-state index is 0.0305. The Hall–Kier alpha value is -2.68.